The van der Waals surface area contributed by atoms with Gasteiger partial charge < -0.3 is 4.79 Å². The summed E-state index contributed by atoms with van der Waals surface area (Å²) in [6.45, 7) is 0. The molecule has 0 saturated carbocycles. The van der Waals surface area contributed by atoms with E-state index in [9.17, 15) is 14.5 Å². The van der Waals surface area contributed by atoms with Crippen LogP contribution in [0.25, 0.3) is 0 Å². The van der Waals surface area contributed by atoms with E-state index in [0.29, 0.717) is 18.1 Å². The molecule has 4 nitrogen and oxygen atoms in total. The van der Waals surface area contributed by atoms with Crippen molar-refractivity contribution in [3.8, 4) is 0 Å². The number of aldehydes is 2. The summed E-state index contributed by atoms with van der Waals surface area (Å²) in [5, 5.41) is 2.69. The van der Waals surface area contributed by atoms with Gasteiger partial charge in [-0.25, -0.2) is 0 Å². The summed E-state index contributed by atoms with van der Waals surface area (Å²) in [5.41, 5.74) is 0.807. The van der Waals surface area contributed by atoms with E-state index in [4.69, 9.17) is 0 Å². The van der Waals surface area contributed by atoms with Gasteiger partial charge in [0.15, 0.2) is 6.29 Å². The van der Waals surface area contributed by atoms with Gasteiger partial charge in [-0.15, -0.1) is 4.91 Å². The number of hydrogen-bond acceptors (Lipinski definition) is 4. The van der Waals surface area contributed by atoms with Crippen molar-refractivity contribution in [2.75, 3.05) is 0 Å². The van der Waals surface area contributed by atoms with Gasteiger partial charge in [0.05, 0.1) is 0 Å². The van der Waals surface area contributed by atoms with Crippen molar-refractivity contribution in [3.05, 3.63) is 34.2 Å². The van der Waals surface area contributed by atoms with Crippen LogP contribution in [0.1, 0.15) is 15.9 Å². The molecule has 0 spiro atoms. The fraction of sp³-hybridized carbons (Fsp3) is 0.111. The highest BCUT2D eigenvalue weighted by Crippen LogP contribution is 2.20. The Kier molecular flexibility index (Phi) is 3.03. The van der Waals surface area contributed by atoms with Crippen LogP contribution < -0.4 is 0 Å². The van der Waals surface area contributed by atoms with Crippen LogP contribution >= 0.6 is 0 Å². The number of rotatable bonds is 4. The van der Waals surface area contributed by atoms with E-state index in [1.165, 1.54) is 6.07 Å². The lowest BCUT2D eigenvalue weighted by Gasteiger charge is -2.00. The summed E-state index contributed by atoms with van der Waals surface area (Å²) >= 11 is 0. The molecule has 0 unspecified atom stereocenters. The second-order valence-electron chi connectivity index (χ2n) is 2.43. The van der Waals surface area contributed by atoms with Gasteiger partial charge in [-0.3, -0.25) is 4.79 Å². The van der Waals surface area contributed by atoms with Crippen molar-refractivity contribution in [2.45, 2.75) is 6.42 Å². The van der Waals surface area contributed by atoms with Crippen LogP contribution in [0, 0.1) is 4.91 Å². The third-order valence-corrected chi connectivity index (χ3v) is 1.69. The van der Waals surface area contributed by atoms with Crippen molar-refractivity contribution in [1.82, 2.24) is 0 Å². The summed E-state index contributed by atoms with van der Waals surface area (Å²) in [4.78, 5) is 31.0. The molecule has 1 aromatic carbocycles. The van der Waals surface area contributed by atoms with E-state index in [2.05, 4.69) is 5.18 Å². The summed E-state index contributed by atoms with van der Waals surface area (Å²) in [5.74, 6) is 0. The summed E-state index contributed by atoms with van der Waals surface area (Å²) in [7, 11) is 0. The standard InChI is InChI=1S/C9H7NO3/c11-5-4-7-2-1-3-9(10-13)8(7)6-12/h1-3,5-6H,4H2. The Hall–Kier alpha value is -1.84. The van der Waals surface area contributed by atoms with Crippen molar-refractivity contribution in [2.24, 2.45) is 5.18 Å². The summed E-state index contributed by atoms with van der Waals surface area (Å²) in [6, 6.07) is 4.64. The zero-order valence-electron chi connectivity index (χ0n) is 6.77. The van der Waals surface area contributed by atoms with Gasteiger partial charge in [0.25, 0.3) is 0 Å². The first-order valence-electron chi connectivity index (χ1n) is 3.67. The molecule has 1 aromatic rings. The summed E-state index contributed by atoms with van der Waals surface area (Å²) < 4.78 is 0. The van der Waals surface area contributed by atoms with E-state index < -0.39 is 0 Å². The first kappa shape index (κ1) is 9.25. The molecule has 0 bridgehead atoms. The molecular weight excluding hydrogens is 170 g/mol. The third kappa shape index (κ3) is 1.84. The summed E-state index contributed by atoms with van der Waals surface area (Å²) in [6.07, 6.45) is 1.34. The van der Waals surface area contributed by atoms with Crippen LogP contribution in [0.3, 0.4) is 0 Å². The first-order valence-corrected chi connectivity index (χ1v) is 3.67. The van der Waals surface area contributed by atoms with Crippen LogP contribution in [0.5, 0.6) is 0 Å². The molecule has 13 heavy (non-hydrogen) atoms. The third-order valence-electron chi connectivity index (χ3n) is 1.69. The Morgan fingerprint density at radius 1 is 1.31 bits per heavy atom. The smallest absolute Gasteiger partial charge is 0.152 e. The molecule has 0 aromatic heterocycles. The second kappa shape index (κ2) is 4.25. The van der Waals surface area contributed by atoms with E-state index in [1.54, 1.807) is 12.1 Å². The van der Waals surface area contributed by atoms with Gasteiger partial charge in [0, 0.05) is 12.0 Å². The largest absolute Gasteiger partial charge is 0.303 e. The molecule has 0 aliphatic rings. The maximum atomic E-state index is 10.6. The van der Waals surface area contributed by atoms with Crippen LogP contribution in [0.2, 0.25) is 0 Å². The van der Waals surface area contributed by atoms with Crippen LogP contribution in [-0.2, 0) is 11.2 Å². The minimum absolute atomic E-state index is 0.0781. The molecule has 0 N–H and O–H groups in total. The predicted molar refractivity (Wildman–Crippen MR) is 47.1 cm³/mol. The Labute approximate surface area is 74.5 Å². The van der Waals surface area contributed by atoms with Crippen LogP contribution in [0.4, 0.5) is 5.69 Å². The monoisotopic (exact) mass is 177 g/mol. The van der Waals surface area contributed by atoms with Crippen LogP contribution in [-0.4, -0.2) is 12.6 Å². The van der Waals surface area contributed by atoms with E-state index in [-0.39, 0.29) is 17.7 Å². The van der Waals surface area contributed by atoms with Crippen molar-refractivity contribution >= 4 is 18.3 Å². The number of nitrogens with zero attached hydrogens (tertiary/aromatic N) is 1. The van der Waals surface area contributed by atoms with Gasteiger partial charge in [-0.05, 0) is 16.8 Å². The van der Waals surface area contributed by atoms with Crippen LogP contribution in [0.15, 0.2) is 23.4 Å². The van der Waals surface area contributed by atoms with Gasteiger partial charge in [-0.1, -0.05) is 12.1 Å². The van der Waals surface area contributed by atoms with Gasteiger partial charge in [0.1, 0.15) is 12.0 Å². The maximum Gasteiger partial charge on any atom is 0.152 e. The Morgan fingerprint density at radius 2 is 2.08 bits per heavy atom. The number of benzene rings is 1. The molecule has 0 atom stereocenters. The lowest BCUT2D eigenvalue weighted by Crippen LogP contribution is -1.93. The van der Waals surface area contributed by atoms with Gasteiger partial charge in [-0.2, -0.15) is 0 Å². The highest BCUT2D eigenvalue weighted by Gasteiger charge is 2.06. The zero-order chi connectivity index (χ0) is 9.68. The normalized spacial score (nSPS) is 9.23. The molecule has 0 aliphatic heterocycles. The lowest BCUT2D eigenvalue weighted by atomic mass is 10.0. The highest BCUT2D eigenvalue weighted by molar-refractivity contribution is 5.86. The number of carbonyl (C=O) groups excluding carboxylic acids is 2. The van der Waals surface area contributed by atoms with E-state index in [1.807, 2.05) is 0 Å². The quantitative estimate of drug-likeness (QED) is 0.518. The molecule has 0 fully saturated rings. The van der Waals surface area contributed by atoms with E-state index in [0.717, 1.165) is 0 Å². The fourth-order valence-electron chi connectivity index (χ4n) is 1.08. The molecular formula is C9H7NO3. The average molecular weight is 177 g/mol. The predicted octanol–water partition coefficient (Wildman–Crippen LogP) is 1.64. The van der Waals surface area contributed by atoms with Crippen molar-refractivity contribution in [1.29, 1.82) is 0 Å². The zero-order valence-corrected chi connectivity index (χ0v) is 6.77. The fourth-order valence-corrected chi connectivity index (χ4v) is 1.08. The Bertz CT molecular complexity index is 347. The number of hydrogen-bond donors (Lipinski definition) is 0. The number of carbonyl (C=O) groups is 2. The van der Waals surface area contributed by atoms with Gasteiger partial charge >= 0.3 is 0 Å². The van der Waals surface area contributed by atoms with Crippen molar-refractivity contribution in [3.63, 3.8) is 0 Å². The molecule has 0 aliphatic carbocycles. The number of nitroso groups, excluding NO2 is 1. The minimum Gasteiger partial charge on any atom is -0.303 e. The SMILES string of the molecule is O=CCc1cccc(N=O)c1C=O. The topological polar surface area (TPSA) is 63.6 Å². The van der Waals surface area contributed by atoms with E-state index >= 15 is 0 Å². The molecule has 0 radical (unpaired) electrons. The molecule has 0 heterocycles. The minimum atomic E-state index is 0.0781. The van der Waals surface area contributed by atoms with Crippen molar-refractivity contribution < 1.29 is 9.59 Å². The first-order chi connectivity index (χ1) is 6.33. The second-order valence-corrected chi connectivity index (χ2v) is 2.43. The average Bonchev–Trinajstić information content (AvgIpc) is 2.18. The van der Waals surface area contributed by atoms with Gasteiger partial charge in [0.2, 0.25) is 0 Å². The maximum absolute atomic E-state index is 10.6. The Balaban J connectivity index is 3.25. The Morgan fingerprint density at radius 3 is 2.62 bits per heavy atom. The molecule has 0 saturated heterocycles. The molecule has 1 rings (SSSR count). The molecule has 0 amide bonds. The lowest BCUT2D eigenvalue weighted by molar-refractivity contribution is -0.107. The molecule has 66 valence electrons. The molecule has 4 heteroatoms. The highest BCUT2D eigenvalue weighted by atomic mass is 16.3.